The number of anilines is 1. The first kappa shape index (κ1) is 21.0. The van der Waals surface area contributed by atoms with Crippen molar-refractivity contribution in [3.8, 4) is 11.5 Å². The maximum Gasteiger partial charge on any atom is 0.291 e. The van der Waals surface area contributed by atoms with Gasteiger partial charge in [0.05, 0.1) is 19.5 Å². The molecule has 0 radical (unpaired) electrons. The van der Waals surface area contributed by atoms with Gasteiger partial charge in [-0.25, -0.2) is 0 Å². The molecule has 7 nitrogen and oxygen atoms in total. The molecule has 0 saturated carbocycles. The average Bonchev–Trinajstić information content (AvgIpc) is 3.28. The Kier molecular flexibility index (Phi) is 6.75. The predicted octanol–water partition coefficient (Wildman–Crippen LogP) is 4.26. The van der Waals surface area contributed by atoms with Crippen LogP contribution in [0.4, 0.5) is 5.69 Å². The van der Waals surface area contributed by atoms with Crippen molar-refractivity contribution < 1.29 is 23.5 Å². The minimum absolute atomic E-state index is 0.00501. The van der Waals surface area contributed by atoms with E-state index in [0.29, 0.717) is 29.3 Å². The largest absolute Gasteiger partial charge is 0.493 e. The summed E-state index contributed by atoms with van der Waals surface area (Å²) in [4.78, 5) is 24.5. The molecule has 0 fully saturated rings. The van der Waals surface area contributed by atoms with Gasteiger partial charge in [-0.15, -0.1) is 0 Å². The highest BCUT2D eigenvalue weighted by Gasteiger charge is 2.12. The monoisotopic (exact) mass is 408 g/mol. The van der Waals surface area contributed by atoms with E-state index in [0.717, 1.165) is 5.56 Å². The number of nitrogens with one attached hydrogen (secondary N) is 2. The van der Waals surface area contributed by atoms with Gasteiger partial charge in [0, 0.05) is 17.8 Å². The van der Waals surface area contributed by atoms with Gasteiger partial charge in [0.15, 0.2) is 17.3 Å². The van der Waals surface area contributed by atoms with Crippen LogP contribution in [0, 0.1) is 0 Å². The Hall–Kier alpha value is -3.74. The number of rotatable bonds is 8. The van der Waals surface area contributed by atoms with Crippen molar-refractivity contribution in [3.05, 3.63) is 77.7 Å². The van der Waals surface area contributed by atoms with Crippen molar-refractivity contribution >= 4 is 17.5 Å². The Labute approximate surface area is 175 Å². The van der Waals surface area contributed by atoms with Gasteiger partial charge in [0.25, 0.3) is 11.8 Å². The molecule has 0 aliphatic rings. The quantitative estimate of drug-likeness (QED) is 0.581. The molecule has 2 amide bonds. The first-order chi connectivity index (χ1) is 14.5. The van der Waals surface area contributed by atoms with E-state index >= 15 is 0 Å². The average molecular weight is 408 g/mol. The van der Waals surface area contributed by atoms with Gasteiger partial charge < -0.3 is 24.5 Å². The molecule has 0 aliphatic heterocycles. The smallest absolute Gasteiger partial charge is 0.291 e. The highest BCUT2D eigenvalue weighted by molar-refractivity contribution is 6.02. The number of hydrogen-bond acceptors (Lipinski definition) is 5. The third-order valence-electron chi connectivity index (χ3n) is 4.20. The third kappa shape index (κ3) is 5.41. The Morgan fingerprint density at radius 2 is 1.77 bits per heavy atom. The zero-order valence-corrected chi connectivity index (χ0v) is 17.1. The van der Waals surface area contributed by atoms with Crippen molar-refractivity contribution in [1.29, 1.82) is 0 Å². The summed E-state index contributed by atoms with van der Waals surface area (Å²) in [5, 5.41) is 5.62. The van der Waals surface area contributed by atoms with Gasteiger partial charge in [0.2, 0.25) is 0 Å². The fraction of sp³-hybridized carbons (Fsp3) is 0.217. The molecule has 0 aliphatic carbocycles. The SMILES string of the molecule is COc1cc(C(=O)NCc2ccc(NC(=O)c3ccco3)cc2)ccc1OC(C)C. The van der Waals surface area contributed by atoms with E-state index in [2.05, 4.69) is 10.6 Å². The van der Waals surface area contributed by atoms with Crippen molar-refractivity contribution in [3.63, 3.8) is 0 Å². The molecule has 30 heavy (non-hydrogen) atoms. The zero-order valence-electron chi connectivity index (χ0n) is 17.1. The molecule has 2 N–H and O–H groups in total. The van der Waals surface area contributed by atoms with Crippen molar-refractivity contribution in [1.82, 2.24) is 5.32 Å². The topological polar surface area (TPSA) is 89.8 Å². The maximum atomic E-state index is 12.5. The molecular formula is C23H24N2O5. The van der Waals surface area contributed by atoms with Crippen LogP contribution in [-0.4, -0.2) is 25.0 Å². The molecule has 3 aromatic rings. The summed E-state index contributed by atoms with van der Waals surface area (Å²) in [6, 6.07) is 15.5. The number of carbonyl (C=O) groups is 2. The van der Waals surface area contributed by atoms with Crippen LogP contribution in [0.2, 0.25) is 0 Å². The number of carbonyl (C=O) groups excluding carboxylic acids is 2. The highest BCUT2D eigenvalue weighted by Crippen LogP contribution is 2.29. The highest BCUT2D eigenvalue weighted by atomic mass is 16.5. The van der Waals surface area contributed by atoms with Crippen molar-refractivity contribution in [2.24, 2.45) is 0 Å². The van der Waals surface area contributed by atoms with Gasteiger partial charge in [-0.3, -0.25) is 9.59 Å². The van der Waals surface area contributed by atoms with E-state index in [1.165, 1.54) is 13.4 Å². The first-order valence-electron chi connectivity index (χ1n) is 9.53. The fourth-order valence-corrected chi connectivity index (χ4v) is 2.75. The van der Waals surface area contributed by atoms with Crippen molar-refractivity contribution in [2.75, 3.05) is 12.4 Å². The standard InChI is InChI=1S/C23H24N2O5/c1-15(2)30-19-11-8-17(13-21(19)28-3)22(26)24-14-16-6-9-18(10-7-16)25-23(27)20-5-4-12-29-20/h4-13,15H,14H2,1-3H3,(H,24,26)(H,25,27). The Bertz CT molecular complexity index is 995. The normalized spacial score (nSPS) is 10.5. The molecule has 156 valence electrons. The molecule has 0 bridgehead atoms. The number of methoxy groups -OCH3 is 1. The van der Waals surface area contributed by atoms with Crippen LogP contribution in [0.25, 0.3) is 0 Å². The van der Waals surface area contributed by atoms with Crippen LogP contribution in [-0.2, 0) is 6.54 Å². The molecule has 0 unspecified atom stereocenters. The lowest BCUT2D eigenvalue weighted by atomic mass is 10.1. The van der Waals surface area contributed by atoms with Gasteiger partial charge in [-0.05, 0) is 61.9 Å². The fourth-order valence-electron chi connectivity index (χ4n) is 2.75. The Morgan fingerprint density at radius 3 is 2.40 bits per heavy atom. The number of benzene rings is 2. The van der Waals surface area contributed by atoms with Gasteiger partial charge >= 0.3 is 0 Å². The lowest BCUT2D eigenvalue weighted by Gasteiger charge is -2.14. The predicted molar refractivity (Wildman–Crippen MR) is 113 cm³/mol. The van der Waals surface area contributed by atoms with Gasteiger partial charge in [-0.1, -0.05) is 12.1 Å². The molecule has 0 atom stereocenters. The number of hydrogen-bond donors (Lipinski definition) is 2. The number of amides is 2. The summed E-state index contributed by atoms with van der Waals surface area (Å²) in [5.74, 6) is 0.801. The van der Waals surface area contributed by atoms with Crippen LogP contribution < -0.4 is 20.1 Å². The second kappa shape index (κ2) is 9.65. The van der Waals surface area contributed by atoms with Crippen LogP contribution in [0.5, 0.6) is 11.5 Å². The zero-order chi connectivity index (χ0) is 21.5. The molecule has 0 spiro atoms. The second-order valence-corrected chi connectivity index (χ2v) is 6.84. The van der Waals surface area contributed by atoms with E-state index in [1.54, 1.807) is 42.5 Å². The lowest BCUT2D eigenvalue weighted by molar-refractivity contribution is 0.0949. The molecule has 1 aromatic heterocycles. The van der Waals surface area contributed by atoms with Crippen LogP contribution in [0.15, 0.2) is 65.3 Å². The van der Waals surface area contributed by atoms with E-state index in [-0.39, 0.29) is 23.7 Å². The van der Waals surface area contributed by atoms with E-state index in [1.807, 2.05) is 26.0 Å². The first-order valence-corrected chi connectivity index (χ1v) is 9.53. The summed E-state index contributed by atoms with van der Waals surface area (Å²) in [7, 11) is 1.54. The van der Waals surface area contributed by atoms with Crippen molar-refractivity contribution in [2.45, 2.75) is 26.5 Å². The summed E-state index contributed by atoms with van der Waals surface area (Å²) >= 11 is 0. The number of furan rings is 1. The summed E-state index contributed by atoms with van der Waals surface area (Å²) in [6.45, 7) is 4.19. The van der Waals surface area contributed by atoms with Crippen LogP contribution >= 0.6 is 0 Å². The lowest BCUT2D eigenvalue weighted by Crippen LogP contribution is -2.23. The molecule has 2 aromatic carbocycles. The van der Waals surface area contributed by atoms with E-state index in [9.17, 15) is 9.59 Å². The minimum Gasteiger partial charge on any atom is -0.493 e. The molecular weight excluding hydrogens is 384 g/mol. The second-order valence-electron chi connectivity index (χ2n) is 6.84. The third-order valence-corrected chi connectivity index (χ3v) is 4.20. The summed E-state index contributed by atoms with van der Waals surface area (Å²) in [5.41, 5.74) is 2.01. The van der Waals surface area contributed by atoms with Gasteiger partial charge in [0.1, 0.15) is 0 Å². The maximum absolute atomic E-state index is 12.5. The van der Waals surface area contributed by atoms with E-state index < -0.39 is 0 Å². The molecule has 0 saturated heterocycles. The van der Waals surface area contributed by atoms with Crippen LogP contribution in [0.1, 0.15) is 40.3 Å². The van der Waals surface area contributed by atoms with E-state index in [4.69, 9.17) is 13.9 Å². The molecule has 1 heterocycles. The molecule has 3 rings (SSSR count). The Morgan fingerprint density at radius 1 is 1.00 bits per heavy atom. The summed E-state index contributed by atoms with van der Waals surface area (Å²) < 4.78 is 16.1. The van der Waals surface area contributed by atoms with Gasteiger partial charge in [-0.2, -0.15) is 0 Å². The minimum atomic E-state index is -0.320. The Balaban J connectivity index is 1.57. The molecule has 7 heteroatoms. The number of ether oxygens (including phenoxy) is 2. The van der Waals surface area contributed by atoms with Crippen LogP contribution in [0.3, 0.4) is 0 Å². The summed E-state index contributed by atoms with van der Waals surface area (Å²) in [6.07, 6.45) is 1.45.